The second kappa shape index (κ2) is 8.66. The van der Waals surface area contributed by atoms with Crippen molar-refractivity contribution in [3.8, 4) is 5.75 Å². The second-order valence-corrected chi connectivity index (χ2v) is 7.96. The molecule has 0 spiro atoms. The van der Waals surface area contributed by atoms with Gasteiger partial charge in [0, 0.05) is 18.7 Å². The Kier molecular flexibility index (Phi) is 5.81. The van der Waals surface area contributed by atoms with Crippen LogP contribution >= 0.6 is 0 Å². The Bertz CT molecular complexity index is 922. The first-order chi connectivity index (χ1) is 14.1. The molecule has 29 heavy (non-hydrogen) atoms. The van der Waals surface area contributed by atoms with Gasteiger partial charge in [0.25, 0.3) is 0 Å². The molecule has 1 saturated heterocycles. The maximum absolute atomic E-state index is 6.07. The molecule has 0 saturated carbocycles. The minimum Gasteiger partial charge on any atom is -0.487 e. The summed E-state index contributed by atoms with van der Waals surface area (Å²) in [5, 5.41) is 7.14. The molecule has 6 heteroatoms. The van der Waals surface area contributed by atoms with Crippen LogP contribution in [0.1, 0.15) is 46.8 Å². The Balaban J connectivity index is 1.35. The third-order valence-corrected chi connectivity index (χ3v) is 5.71. The highest BCUT2D eigenvalue weighted by molar-refractivity contribution is 5.44. The molecule has 0 radical (unpaired) electrons. The quantitative estimate of drug-likeness (QED) is 0.665. The molecule has 4 rings (SSSR count). The summed E-state index contributed by atoms with van der Waals surface area (Å²) in [4.78, 5) is 6.85. The molecule has 0 atom stereocenters. The summed E-state index contributed by atoms with van der Waals surface area (Å²) in [5.41, 5.74) is 12.5. The Hall–Kier alpha value is -2.86. The summed E-state index contributed by atoms with van der Waals surface area (Å²) < 4.78 is 6.07. The molecule has 0 bridgehead atoms. The maximum atomic E-state index is 6.07. The molecule has 1 fully saturated rings. The van der Waals surface area contributed by atoms with Gasteiger partial charge in [0.1, 0.15) is 12.4 Å². The van der Waals surface area contributed by atoms with Gasteiger partial charge in [-0.2, -0.15) is 5.10 Å². The third kappa shape index (κ3) is 4.59. The molecule has 0 amide bonds. The monoisotopic (exact) mass is 391 g/mol. The van der Waals surface area contributed by atoms with Crippen LogP contribution in [0.25, 0.3) is 0 Å². The molecule has 1 aliphatic rings. The molecular formula is C23H29N5O. The standard InChI is InChI=1S/C23H29N5O/c1-16-11-18(12-17(2)23(16)29-15-20-5-3-4-8-25-20)14-28-9-6-19(7-10-28)22-21(24)13-26-27-22/h3-5,8,11-13,19H,6-7,9-10,14-15,24H2,1-2H3,(H,26,27). The normalized spacial score (nSPS) is 15.5. The number of nitrogens with zero attached hydrogens (tertiary/aromatic N) is 3. The minimum absolute atomic E-state index is 0.486. The summed E-state index contributed by atoms with van der Waals surface area (Å²) in [7, 11) is 0. The van der Waals surface area contributed by atoms with E-state index >= 15 is 0 Å². The highest BCUT2D eigenvalue weighted by atomic mass is 16.5. The lowest BCUT2D eigenvalue weighted by Gasteiger charge is -2.32. The number of hydrogen-bond donors (Lipinski definition) is 2. The highest BCUT2D eigenvalue weighted by Crippen LogP contribution is 2.31. The van der Waals surface area contributed by atoms with Crippen molar-refractivity contribution in [3.05, 3.63) is 70.8 Å². The molecule has 3 aromatic rings. The van der Waals surface area contributed by atoms with E-state index in [1.165, 1.54) is 16.7 Å². The lowest BCUT2D eigenvalue weighted by atomic mass is 9.92. The number of piperidine rings is 1. The van der Waals surface area contributed by atoms with Crippen LogP contribution < -0.4 is 10.5 Å². The van der Waals surface area contributed by atoms with Crippen LogP contribution in [0.15, 0.2) is 42.7 Å². The number of likely N-dealkylation sites (tertiary alicyclic amines) is 1. The Morgan fingerprint density at radius 1 is 1.17 bits per heavy atom. The first-order valence-electron chi connectivity index (χ1n) is 10.2. The van der Waals surface area contributed by atoms with Gasteiger partial charge in [0.2, 0.25) is 0 Å². The SMILES string of the molecule is Cc1cc(CN2CCC(c3[nH]ncc3N)CC2)cc(C)c1OCc1ccccn1. The molecule has 6 nitrogen and oxygen atoms in total. The van der Waals surface area contributed by atoms with Crippen LogP contribution in [0, 0.1) is 13.8 Å². The van der Waals surface area contributed by atoms with Crippen LogP contribution in [0.2, 0.25) is 0 Å². The third-order valence-electron chi connectivity index (χ3n) is 5.71. The maximum Gasteiger partial charge on any atom is 0.130 e. The van der Waals surface area contributed by atoms with E-state index in [1.807, 2.05) is 18.2 Å². The Morgan fingerprint density at radius 2 is 1.93 bits per heavy atom. The van der Waals surface area contributed by atoms with Gasteiger partial charge in [0.05, 0.1) is 23.3 Å². The summed E-state index contributed by atoms with van der Waals surface area (Å²) in [6.45, 7) is 7.84. The van der Waals surface area contributed by atoms with E-state index in [-0.39, 0.29) is 0 Å². The van der Waals surface area contributed by atoms with E-state index in [4.69, 9.17) is 10.5 Å². The van der Waals surface area contributed by atoms with E-state index < -0.39 is 0 Å². The van der Waals surface area contributed by atoms with E-state index in [0.29, 0.717) is 12.5 Å². The lowest BCUT2D eigenvalue weighted by Crippen LogP contribution is -2.32. The van der Waals surface area contributed by atoms with Gasteiger partial charge in [-0.25, -0.2) is 0 Å². The summed E-state index contributed by atoms with van der Waals surface area (Å²) in [6, 6.07) is 10.4. The number of nitrogens with two attached hydrogens (primary N) is 1. The highest BCUT2D eigenvalue weighted by Gasteiger charge is 2.23. The van der Waals surface area contributed by atoms with Crippen molar-refractivity contribution in [2.45, 2.75) is 45.8 Å². The molecule has 3 N–H and O–H groups in total. The number of pyridine rings is 1. The molecule has 2 aromatic heterocycles. The Labute approximate surface area is 172 Å². The van der Waals surface area contributed by atoms with Crippen molar-refractivity contribution in [3.63, 3.8) is 0 Å². The summed E-state index contributed by atoms with van der Waals surface area (Å²) in [6.07, 6.45) is 5.72. The number of aromatic nitrogens is 3. The van der Waals surface area contributed by atoms with Crippen molar-refractivity contribution < 1.29 is 4.74 Å². The van der Waals surface area contributed by atoms with Crippen molar-refractivity contribution in [1.29, 1.82) is 0 Å². The number of nitrogens with one attached hydrogen (secondary N) is 1. The minimum atomic E-state index is 0.486. The first kappa shape index (κ1) is 19.5. The number of H-pyrrole nitrogens is 1. The van der Waals surface area contributed by atoms with E-state index in [2.05, 4.69) is 46.1 Å². The zero-order valence-corrected chi connectivity index (χ0v) is 17.2. The van der Waals surface area contributed by atoms with Crippen LogP contribution in [-0.2, 0) is 13.2 Å². The average Bonchev–Trinajstić information content (AvgIpc) is 3.15. The lowest BCUT2D eigenvalue weighted by molar-refractivity contribution is 0.203. The van der Waals surface area contributed by atoms with Gasteiger partial charge in [0.15, 0.2) is 0 Å². The van der Waals surface area contributed by atoms with Gasteiger partial charge >= 0.3 is 0 Å². The van der Waals surface area contributed by atoms with E-state index in [9.17, 15) is 0 Å². The van der Waals surface area contributed by atoms with Crippen LogP contribution in [0.3, 0.4) is 0 Å². The zero-order chi connectivity index (χ0) is 20.2. The second-order valence-electron chi connectivity index (χ2n) is 7.96. The largest absolute Gasteiger partial charge is 0.487 e. The first-order valence-corrected chi connectivity index (χ1v) is 10.2. The number of nitrogen functional groups attached to an aromatic ring is 1. The molecule has 3 heterocycles. The van der Waals surface area contributed by atoms with Crippen molar-refractivity contribution in [2.24, 2.45) is 0 Å². The fourth-order valence-corrected chi connectivity index (χ4v) is 4.26. The molecule has 1 aliphatic heterocycles. The molecule has 1 aromatic carbocycles. The molecular weight excluding hydrogens is 362 g/mol. The fourth-order valence-electron chi connectivity index (χ4n) is 4.26. The van der Waals surface area contributed by atoms with Crippen molar-refractivity contribution in [2.75, 3.05) is 18.8 Å². The van der Waals surface area contributed by atoms with E-state index in [0.717, 1.165) is 55.3 Å². The summed E-state index contributed by atoms with van der Waals surface area (Å²) >= 11 is 0. The predicted octanol–water partition coefficient (Wildman–Crippen LogP) is 3.96. The summed E-state index contributed by atoms with van der Waals surface area (Å²) in [5.74, 6) is 1.45. The Morgan fingerprint density at radius 3 is 2.55 bits per heavy atom. The topological polar surface area (TPSA) is 80.1 Å². The van der Waals surface area contributed by atoms with Gasteiger partial charge in [-0.05, 0) is 68.6 Å². The van der Waals surface area contributed by atoms with Gasteiger partial charge < -0.3 is 10.5 Å². The number of aromatic amines is 1. The van der Waals surface area contributed by atoms with Crippen molar-refractivity contribution >= 4 is 5.69 Å². The number of hydrogen-bond acceptors (Lipinski definition) is 5. The number of anilines is 1. The average molecular weight is 392 g/mol. The number of aryl methyl sites for hydroxylation is 2. The predicted molar refractivity (Wildman–Crippen MR) is 115 cm³/mol. The number of benzene rings is 1. The zero-order valence-electron chi connectivity index (χ0n) is 17.2. The molecule has 152 valence electrons. The van der Waals surface area contributed by atoms with Crippen LogP contribution in [0.5, 0.6) is 5.75 Å². The van der Waals surface area contributed by atoms with Gasteiger partial charge in [-0.15, -0.1) is 0 Å². The van der Waals surface area contributed by atoms with Crippen LogP contribution in [0.4, 0.5) is 5.69 Å². The van der Waals surface area contributed by atoms with Crippen LogP contribution in [-0.4, -0.2) is 33.2 Å². The fraction of sp³-hybridized carbons (Fsp3) is 0.391. The smallest absolute Gasteiger partial charge is 0.130 e. The van der Waals surface area contributed by atoms with Crippen molar-refractivity contribution in [1.82, 2.24) is 20.1 Å². The van der Waals surface area contributed by atoms with Gasteiger partial charge in [-0.3, -0.25) is 15.0 Å². The number of rotatable bonds is 6. The molecule has 0 unspecified atom stereocenters. The van der Waals surface area contributed by atoms with E-state index in [1.54, 1.807) is 12.4 Å². The molecule has 0 aliphatic carbocycles. The van der Waals surface area contributed by atoms with Gasteiger partial charge in [-0.1, -0.05) is 18.2 Å². The number of ether oxygens (including phenoxy) is 1.